The number of nitrogens with one attached hydrogen (secondary N) is 1. The Morgan fingerprint density at radius 3 is 2.65 bits per heavy atom. The minimum absolute atomic E-state index is 0.0978. The molecular formula is C18H13N3OS. The number of hydrogen-bond acceptors (Lipinski definition) is 4. The van der Waals surface area contributed by atoms with E-state index in [1.165, 1.54) is 11.3 Å². The van der Waals surface area contributed by atoms with E-state index >= 15 is 0 Å². The Morgan fingerprint density at radius 2 is 1.87 bits per heavy atom. The number of H-pyrrole nitrogens is 1. The molecule has 0 saturated heterocycles. The zero-order valence-electron chi connectivity index (χ0n) is 12.2. The van der Waals surface area contributed by atoms with Gasteiger partial charge in [0, 0.05) is 23.2 Å². The van der Waals surface area contributed by atoms with Crippen LogP contribution < -0.4 is 5.56 Å². The summed E-state index contributed by atoms with van der Waals surface area (Å²) in [5.74, 6) is 0.641. The number of benzene rings is 1. The van der Waals surface area contributed by atoms with Crippen molar-refractivity contribution in [2.45, 2.75) is 6.42 Å². The van der Waals surface area contributed by atoms with Crippen LogP contribution >= 0.6 is 11.3 Å². The quantitative estimate of drug-likeness (QED) is 0.627. The summed E-state index contributed by atoms with van der Waals surface area (Å²) in [5, 5.41) is 0.638. The first kappa shape index (κ1) is 13.8. The summed E-state index contributed by atoms with van der Waals surface area (Å²) in [5.41, 5.74) is 1.88. The Hall–Kier alpha value is -2.79. The molecule has 0 radical (unpaired) electrons. The van der Waals surface area contributed by atoms with E-state index in [4.69, 9.17) is 0 Å². The third-order valence-corrected chi connectivity index (χ3v) is 4.66. The van der Waals surface area contributed by atoms with Crippen molar-refractivity contribution in [2.75, 3.05) is 0 Å². The predicted molar refractivity (Wildman–Crippen MR) is 92.7 cm³/mol. The van der Waals surface area contributed by atoms with Crippen LogP contribution in [0.25, 0.3) is 20.7 Å². The number of rotatable bonds is 3. The van der Waals surface area contributed by atoms with E-state index in [1.54, 1.807) is 6.20 Å². The summed E-state index contributed by atoms with van der Waals surface area (Å²) in [6, 6.07) is 17.7. The van der Waals surface area contributed by atoms with Crippen LogP contribution in [0, 0.1) is 0 Å². The van der Waals surface area contributed by atoms with Gasteiger partial charge in [0.15, 0.2) is 0 Å². The van der Waals surface area contributed by atoms with Gasteiger partial charge in [0.1, 0.15) is 10.7 Å². The second kappa shape index (κ2) is 5.78. The van der Waals surface area contributed by atoms with E-state index in [-0.39, 0.29) is 5.56 Å². The number of thiophene rings is 1. The van der Waals surface area contributed by atoms with Crippen molar-refractivity contribution in [3.63, 3.8) is 0 Å². The van der Waals surface area contributed by atoms with Crippen LogP contribution in [-0.2, 0) is 6.42 Å². The second-order valence-electron chi connectivity index (χ2n) is 5.21. The molecule has 0 amide bonds. The molecule has 0 unspecified atom stereocenters. The normalized spacial score (nSPS) is 11.0. The van der Waals surface area contributed by atoms with Crippen LogP contribution in [0.4, 0.5) is 0 Å². The number of hydrogen-bond donors (Lipinski definition) is 1. The average Bonchev–Trinajstić information content (AvgIpc) is 3.01. The van der Waals surface area contributed by atoms with Gasteiger partial charge < -0.3 is 4.98 Å². The van der Waals surface area contributed by atoms with Crippen LogP contribution in [0.5, 0.6) is 0 Å². The van der Waals surface area contributed by atoms with Crippen molar-refractivity contribution in [1.29, 1.82) is 0 Å². The van der Waals surface area contributed by atoms with E-state index < -0.39 is 0 Å². The van der Waals surface area contributed by atoms with E-state index in [0.29, 0.717) is 17.6 Å². The highest BCUT2D eigenvalue weighted by molar-refractivity contribution is 7.21. The Bertz CT molecular complexity index is 1010. The zero-order valence-corrected chi connectivity index (χ0v) is 13.0. The van der Waals surface area contributed by atoms with Crippen molar-refractivity contribution < 1.29 is 0 Å². The van der Waals surface area contributed by atoms with Crippen LogP contribution in [0.15, 0.2) is 65.6 Å². The number of aromatic amines is 1. The van der Waals surface area contributed by atoms with E-state index in [1.807, 2.05) is 54.6 Å². The van der Waals surface area contributed by atoms with Crippen molar-refractivity contribution in [3.05, 3.63) is 82.7 Å². The van der Waals surface area contributed by atoms with Crippen LogP contribution in [0.1, 0.15) is 11.5 Å². The highest BCUT2D eigenvalue weighted by Gasteiger charge is 2.10. The van der Waals surface area contributed by atoms with E-state index in [9.17, 15) is 4.79 Å². The topological polar surface area (TPSA) is 58.6 Å². The minimum atomic E-state index is -0.0978. The summed E-state index contributed by atoms with van der Waals surface area (Å²) >= 11 is 1.54. The lowest BCUT2D eigenvalue weighted by molar-refractivity contribution is 0.942. The third-order valence-electron chi connectivity index (χ3n) is 3.58. The van der Waals surface area contributed by atoms with Crippen LogP contribution in [0.3, 0.4) is 0 Å². The van der Waals surface area contributed by atoms with Crippen LogP contribution in [-0.4, -0.2) is 15.0 Å². The van der Waals surface area contributed by atoms with Gasteiger partial charge in [0.25, 0.3) is 5.56 Å². The molecule has 0 aliphatic rings. The average molecular weight is 319 g/mol. The van der Waals surface area contributed by atoms with Crippen LogP contribution in [0.2, 0.25) is 0 Å². The molecule has 0 aliphatic heterocycles. The number of fused-ring (bicyclic) bond motifs is 1. The molecule has 4 aromatic rings. The maximum Gasteiger partial charge on any atom is 0.259 e. The minimum Gasteiger partial charge on any atom is -0.310 e. The van der Waals surface area contributed by atoms with Crippen molar-refractivity contribution in [2.24, 2.45) is 0 Å². The van der Waals surface area contributed by atoms with Gasteiger partial charge in [-0.15, -0.1) is 11.3 Å². The maximum atomic E-state index is 12.3. The van der Waals surface area contributed by atoms with Crippen molar-refractivity contribution in [3.8, 4) is 10.4 Å². The summed E-state index contributed by atoms with van der Waals surface area (Å²) in [7, 11) is 0. The summed E-state index contributed by atoms with van der Waals surface area (Å²) in [4.78, 5) is 25.9. The molecule has 3 heterocycles. The van der Waals surface area contributed by atoms with Gasteiger partial charge in [-0.3, -0.25) is 9.78 Å². The third kappa shape index (κ3) is 2.78. The molecule has 5 heteroatoms. The first-order valence-electron chi connectivity index (χ1n) is 7.28. The Labute approximate surface area is 136 Å². The summed E-state index contributed by atoms with van der Waals surface area (Å²) in [6.07, 6.45) is 2.26. The second-order valence-corrected chi connectivity index (χ2v) is 6.24. The Balaban J connectivity index is 1.77. The first-order valence-corrected chi connectivity index (χ1v) is 8.09. The van der Waals surface area contributed by atoms with Gasteiger partial charge in [-0.2, -0.15) is 0 Å². The molecule has 112 valence electrons. The molecule has 0 bridgehead atoms. The fraction of sp³-hybridized carbons (Fsp3) is 0.0556. The summed E-state index contributed by atoms with van der Waals surface area (Å²) in [6.45, 7) is 0. The van der Waals surface area contributed by atoms with Gasteiger partial charge in [0.2, 0.25) is 0 Å². The highest BCUT2D eigenvalue weighted by Crippen LogP contribution is 2.30. The van der Waals surface area contributed by atoms with Gasteiger partial charge >= 0.3 is 0 Å². The molecule has 0 saturated carbocycles. The van der Waals surface area contributed by atoms with Gasteiger partial charge in [0.05, 0.1) is 5.39 Å². The standard InChI is InChI=1S/C18H13N3OS/c22-17-14-11-15(12-6-2-1-3-7-12)23-18(14)21-16(20-17)10-13-8-4-5-9-19-13/h1-9,11H,10H2,(H,20,21,22). The molecule has 0 atom stereocenters. The van der Waals surface area contributed by atoms with Crippen molar-refractivity contribution >= 4 is 21.6 Å². The zero-order chi connectivity index (χ0) is 15.6. The molecule has 0 fully saturated rings. The molecule has 1 N–H and O–H groups in total. The molecular weight excluding hydrogens is 306 g/mol. The molecule has 1 aromatic carbocycles. The lowest BCUT2D eigenvalue weighted by Crippen LogP contribution is -2.11. The monoisotopic (exact) mass is 319 g/mol. The Kier molecular flexibility index (Phi) is 3.48. The maximum absolute atomic E-state index is 12.3. The van der Waals surface area contributed by atoms with Gasteiger partial charge in [-0.1, -0.05) is 36.4 Å². The van der Waals surface area contributed by atoms with Gasteiger partial charge in [-0.05, 0) is 23.8 Å². The summed E-state index contributed by atoms with van der Waals surface area (Å²) < 4.78 is 0. The lowest BCUT2D eigenvalue weighted by atomic mass is 10.2. The smallest absolute Gasteiger partial charge is 0.259 e. The largest absolute Gasteiger partial charge is 0.310 e. The predicted octanol–water partition coefficient (Wildman–Crippen LogP) is 3.64. The SMILES string of the molecule is O=c1[nH]c(Cc2ccccn2)nc2sc(-c3ccccc3)cc12. The fourth-order valence-corrected chi connectivity index (χ4v) is 3.54. The van der Waals surface area contributed by atoms with E-state index in [0.717, 1.165) is 21.0 Å². The molecule has 0 aliphatic carbocycles. The molecule has 4 rings (SSSR count). The van der Waals surface area contributed by atoms with E-state index in [2.05, 4.69) is 15.0 Å². The number of aromatic nitrogens is 3. The van der Waals surface area contributed by atoms with Gasteiger partial charge in [-0.25, -0.2) is 4.98 Å². The fourth-order valence-electron chi connectivity index (χ4n) is 2.48. The Morgan fingerprint density at radius 1 is 1.04 bits per heavy atom. The molecule has 23 heavy (non-hydrogen) atoms. The molecule has 4 nitrogen and oxygen atoms in total. The first-order chi connectivity index (χ1) is 11.3. The molecule has 0 spiro atoms. The highest BCUT2D eigenvalue weighted by atomic mass is 32.1. The van der Waals surface area contributed by atoms with Crippen molar-refractivity contribution in [1.82, 2.24) is 15.0 Å². The lowest BCUT2D eigenvalue weighted by Gasteiger charge is -2.00. The number of pyridine rings is 1. The molecule has 3 aromatic heterocycles. The number of nitrogens with zero attached hydrogens (tertiary/aromatic N) is 2.